The first kappa shape index (κ1) is 11.3. The van der Waals surface area contributed by atoms with Crippen LogP contribution in [0.3, 0.4) is 0 Å². The topological polar surface area (TPSA) is 17.8 Å². The van der Waals surface area contributed by atoms with E-state index in [0.717, 1.165) is 28.7 Å². The highest BCUT2D eigenvalue weighted by Gasteiger charge is 2.05. The number of halogens is 2. The molecule has 0 saturated heterocycles. The molecule has 0 aliphatic rings. The minimum absolute atomic E-state index is 0.183. The molecule has 0 aliphatic heterocycles. The molecule has 2 rings (SSSR count). The van der Waals surface area contributed by atoms with Gasteiger partial charge in [-0.3, -0.25) is 0 Å². The molecule has 0 fully saturated rings. The largest absolute Gasteiger partial charge is 0.328 e. The summed E-state index contributed by atoms with van der Waals surface area (Å²) in [7, 11) is 1.93. The fourth-order valence-electron chi connectivity index (χ4n) is 1.59. The average molecular weight is 283 g/mol. The van der Waals surface area contributed by atoms with Gasteiger partial charge in [0.05, 0.1) is 12.0 Å². The summed E-state index contributed by atoms with van der Waals surface area (Å²) in [6, 6.07) is 6.69. The van der Waals surface area contributed by atoms with Gasteiger partial charge in [-0.05, 0) is 46.5 Å². The molecule has 1 aromatic carbocycles. The molecule has 0 radical (unpaired) electrons. The Kier molecular flexibility index (Phi) is 3.39. The van der Waals surface area contributed by atoms with Gasteiger partial charge >= 0.3 is 0 Å². The van der Waals surface area contributed by atoms with Crippen molar-refractivity contribution in [2.45, 2.75) is 12.8 Å². The number of hydrogen-bond donors (Lipinski definition) is 0. The zero-order valence-corrected chi connectivity index (χ0v) is 10.5. The van der Waals surface area contributed by atoms with Crippen molar-refractivity contribution in [1.82, 2.24) is 9.55 Å². The second kappa shape index (κ2) is 4.78. The number of imidazole rings is 1. The quantitative estimate of drug-likeness (QED) is 0.846. The molecule has 0 atom stereocenters. The fourth-order valence-corrected chi connectivity index (χ4v) is 1.98. The lowest BCUT2D eigenvalue weighted by molar-refractivity contribution is 0.625. The maximum absolute atomic E-state index is 12.9. The Morgan fingerprint density at radius 1 is 1.38 bits per heavy atom. The Bertz CT molecular complexity index is 494. The van der Waals surface area contributed by atoms with Crippen LogP contribution in [0.2, 0.25) is 0 Å². The van der Waals surface area contributed by atoms with Crippen molar-refractivity contribution in [3.05, 3.63) is 52.3 Å². The second-order valence-corrected chi connectivity index (χ2v) is 4.47. The smallest absolute Gasteiger partial charge is 0.123 e. The third-order valence-electron chi connectivity index (χ3n) is 2.47. The molecule has 0 spiro atoms. The van der Waals surface area contributed by atoms with Crippen molar-refractivity contribution in [1.29, 1.82) is 0 Å². The number of benzene rings is 1. The normalized spacial score (nSPS) is 10.7. The third-order valence-corrected chi connectivity index (χ3v) is 3.49. The summed E-state index contributed by atoms with van der Waals surface area (Å²) in [4.78, 5) is 4.28. The molecule has 2 nitrogen and oxygen atoms in total. The maximum atomic E-state index is 12.9. The van der Waals surface area contributed by atoms with Crippen molar-refractivity contribution < 1.29 is 4.39 Å². The maximum Gasteiger partial charge on any atom is 0.123 e. The number of aromatic nitrogens is 2. The fraction of sp³-hybridized carbons (Fsp3) is 0.250. The molecule has 1 aromatic heterocycles. The Morgan fingerprint density at radius 2 is 2.19 bits per heavy atom. The van der Waals surface area contributed by atoms with E-state index < -0.39 is 0 Å². The number of nitrogens with zero attached hydrogens (tertiary/aromatic N) is 2. The minimum atomic E-state index is -0.183. The molecular weight excluding hydrogens is 271 g/mol. The highest BCUT2D eigenvalue weighted by Crippen LogP contribution is 2.16. The van der Waals surface area contributed by atoms with E-state index in [1.54, 1.807) is 18.5 Å². The Hall–Kier alpha value is -1.16. The van der Waals surface area contributed by atoms with E-state index in [2.05, 4.69) is 20.9 Å². The number of rotatable bonds is 3. The van der Waals surface area contributed by atoms with Crippen LogP contribution in [0.5, 0.6) is 0 Å². The minimum Gasteiger partial charge on any atom is -0.328 e. The first-order chi connectivity index (χ1) is 7.66. The van der Waals surface area contributed by atoms with Gasteiger partial charge < -0.3 is 4.57 Å². The third kappa shape index (κ3) is 2.50. The van der Waals surface area contributed by atoms with Gasteiger partial charge in [-0.25, -0.2) is 9.37 Å². The average Bonchev–Trinajstić information content (AvgIpc) is 2.57. The van der Waals surface area contributed by atoms with E-state index in [0.29, 0.717) is 0 Å². The lowest BCUT2D eigenvalue weighted by Crippen LogP contribution is -1.94. The van der Waals surface area contributed by atoms with E-state index in [1.807, 2.05) is 17.7 Å². The van der Waals surface area contributed by atoms with Crippen molar-refractivity contribution >= 4 is 15.9 Å². The lowest BCUT2D eigenvalue weighted by Gasteiger charge is -2.00. The molecule has 16 heavy (non-hydrogen) atoms. The molecule has 0 amide bonds. The van der Waals surface area contributed by atoms with Gasteiger partial charge in [0, 0.05) is 7.05 Å². The van der Waals surface area contributed by atoms with E-state index in [4.69, 9.17) is 0 Å². The zero-order chi connectivity index (χ0) is 11.5. The van der Waals surface area contributed by atoms with Crippen molar-refractivity contribution in [2.75, 3.05) is 0 Å². The molecule has 0 unspecified atom stereocenters. The standard InChI is InChI=1S/C12H12BrFN2/c1-16-8-15-11(12(16)13)6-5-9-3-2-4-10(14)7-9/h2-4,7-8H,5-6H2,1H3. The summed E-state index contributed by atoms with van der Waals surface area (Å²) in [5, 5.41) is 0. The summed E-state index contributed by atoms with van der Waals surface area (Å²) in [6.45, 7) is 0. The monoisotopic (exact) mass is 282 g/mol. The molecule has 2 aromatic rings. The molecule has 0 aliphatic carbocycles. The van der Waals surface area contributed by atoms with Gasteiger partial charge in [0.1, 0.15) is 10.4 Å². The van der Waals surface area contributed by atoms with Crippen LogP contribution in [-0.4, -0.2) is 9.55 Å². The van der Waals surface area contributed by atoms with Crippen LogP contribution < -0.4 is 0 Å². The van der Waals surface area contributed by atoms with Gasteiger partial charge in [0.25, 0.3) is 0 Å². The zero-order valence-electron chi connectivity index (χ0n) is 8.95. The van der Waals surface area contributed by atoms with Gasteiger partial charge in [-0.2, -0.15) is 0 Å². The molecule has 84 valence electrons. The van der Waals surface area contributed by atoms with Gasteiger partial charge in [-0.15, -0.1) is 0 Å². The van der Waals surface area contributed by atoms with Crippen molar-refractivity contribution in [3.8, 4) is 0 Å². The Morgan fingerprint density at radius 3 is 2.81 bits per heavy atom. The first-order valence-corrected chi connectivity index (χ1v) is 5.86. The van der Waals surface area contributed by atoms with Crippen LogP contribution >= 0.6 is 15.9 Å². The predicted octanol–water partition coefficient (Wildman–Crippen LogP) is 3.11. The highest BCUT2D eigenvalue weighted by atomic mass is 79.9. The molecular formula is C12H12BrFN2. The summed E-state index contributed by atoms with van der Waals surface area (Å²) < 4.78 is 15.9. The molecule has 1 heterocycles. The summed E-state index contributed by atoms with van der Waals surface area (Å²) >= 11 is 3.46. The molecule has 4 heteroatoms. The lowest BCUT2D eigenvalue weighted by atomic mass is 10.1. The Balaban J connectivity index is 2.05. The van der Waals surface area contributed by atoms with Crippen LogP contribution in [0.15, 0.2) is 35.2 Å². The van der Waals surface area contributed by atoms with Crippen molar-refractivity contribution in [2.24, 2.45) is 7.05 Å². The SMILES string of the molecule is Cn1cnc(CCc2cccc(F)c2)c1Br. The van der Waals surface area contributed by atoms with E-state index in [-0.39, 0.29) is 5.82 Å². The van der Waals surface area contributed by atoms with Gasteiger partial charge in [0.2, 0.25) is 0 Å². The van der Waals surface area contributed by atoms with E-state index in [9.17, 15) is 4.39 Å². The summed E-state index contributed by atoms with van der Waals surface area (Å²) in [6.07, 6.45) is 3.38. The number of hydrogen-bond acceptors (Lipinski definition) is 1. The van der Waals surface area contributed by atoms with Gasteiger partial charge in [-0.1, -0.05) is 12.1 Å². The van der Waals surface area contributed by atoms with Crippen LogP contribution in [0.4, 0.5) is 4.39 Å². The van der Waals surface area contributed by atoms with E-state index in [1.165, 1.54) is 6.07 Å². The molecule has 0 bridgehead atoms. The predicted molar refractivity (Wildman–Crippen MR) is 64.7 cm³/mol. The first-order valence-electron chi connectivity index (χ1n) is 5.07. The van der Waals surface area contributed by atoms with Crippen LogP contribution in [0.1, 0.15) is 11.3 Å². The number of aryl methyl sites for hydroxylation is 3. The Labute approximate surface area is 102 Å². The molecule has 0 saturated carbocycles. The molecule has 0 N–H and O–H groups in total. The summed E-state index contributed by atoms with van der Waals surface area (Å²) in [5.41, 5.74) is 2.00. The highest BCUT2D eigenvalue weighted by molar-refractivity contribution is 9.10. The second-order valence-electron chi connectivity index (χ2n) is 3.72. The van der Waals surface area contributed by atoms with Gasteiger partial charge in [0.15, 0.2) is 0 Å². The summed E-state index contributed by atoms with van der Waals surface area (Å²) in [5.74, 6) is -0.183. The van der Waals surface area contributed by atoms with Crippen LogP contribution in [0, 0.1) is 5.82 Å². The van der Waals surface area contributed by atoms with Crippen molar-refractivity contribution in [3.63, 3.8) is 0 Å². The van der Waals surface area contributed by atoms with E-state index >= 15 is 0 Å². The van der Waals surface area contributed by atoms with Crippen LogP contribution in [0.25, 0.3) is 0 Å². The van der Waals surface area contributed by atoms with Crippen LogP contribution in [-0.2, 0) is 19.9 Å².